The first-order valence-corrected chi connectivity index (χ1v) is 9.50. The molecule has 3 rings (SSSR count). The number of hydrogen-bond donors (Lipinski definition) is 1. The van der Waals surface area contributed by atoms with E-state index in [9.17, 15) is 8.94 Å². The SMILES string of the molecule is COCCCOc1ccnc(C[S+]([O-])c2nc3cc(F)ccc3[nH]2)c1C. The molecule has 1 unspecified atom stereocenters. The zero-order valence-corrected chi connectivity index (χ0v) is 15.4. The second kappa shape index (κ2) is 8.48. The highest BCUT2D eigenvalue weighted by atomic mass is 32.2. The molecule has 1 atom stereocenters. The summed E-state index contributed by atoms with van der Waals surface area (Å²) in [4.78, 5) is 11.5. The van der Waals surface area contributed by atoms with Gasteiger partial charge in [0.25, 0.3) is 0 Å². The third kappa shape index (κ3) is 4.32. The van der Waals surface area contributed by atoms with Gasteiger partial charge in [-0.05, 0) is 25.1 Å². The third-order valence-corrected chi connectivity index (χ3v) is 5.08. The second-order valence-corrected chi connectivity index (χ2v) is 7.14. The van der Waals surface area contributed by atoms with E-state index in [0.717, 1.165) is 17.7 Å². The number of aromatic nitrogens is 3. The van der Waals surface area contributed by atoms with Crippen molar-refractivity contribution in [2.75, 3.05) is 20.3 Å². The number of pyridine rings is 1. The van der Waals surface area contributed by atoms with Crippen molar-refractivity contribution < 1.29 is 18.4 Å². The number of imidazole rings is 1. The van der Waals surface area contributed by atoms with Crippen molar-refractivity contribution in [2.24, 2.45) is 0 Å². The Morgan fingerprint density at radius 2 is 2.12 bits per heavy atom. The quantitative estimate of drug-likeness (QED) is 0.482. The summed E-state index contributed by atoms with van der Waals surface area (Å²) in [5, 5.41) is 0.304. The summed E-state index contributed by atoms with van der Waals surface area (Å²) >= 11 is -1.43. The van der Waals surface area contributed by atoms with E-state index in [0.29, 0.717) is 35.1 Å². The molecule has 8 heteroatoms. The molecule has 6 nitrogen and oxygen atoms in total. The van der Waals surface area contributed by atoms with Crippen molar-refractivity contribution in [1.29, 1.82) is 0 Å². The Hall–Kier alpha value is -2.16. The number of halogens is 1. The Labute approximate surface area is 153 Å². The molecular weight excluding hydrogens is 357 g/mol. The van der Waals surface area contributed by atoms with E-state index in [1.165, 1.54) is 12.1 Å². The number of benzene rings is 1. The summed E-state index contributed by atoms with van der Waals surface area (Å²) in [6.45, 7) is 3.06. The van der Waals surface area contributed by atoms with Crippen molar-refractivity contribution in [3.8, 4) is 5.75 Å². The molecule has 1 N–H and O–H groups in total. The van der Waals surface area contributed by atoms with Gasteiger partial charge < -0.3 is 14.0 Å². The minimum absolute atomic E-state index is 0.198. The smallest absolute Gasteiger partial charge is 0.322 e. The average Bonchev–Trinajstić information content (AvgIpc) is 3.05. The largest absolute Gasteiger partial charge is 0.609 e. The van der Waals surface area contributed by atoms with Crippen LogP contribution in [0.5, 0.6) is 5.75 Å². The number of H-pyrrole nitrogens is 1. The molecule has 138 valence electrons. The van der Waals surface area contributed by atoms with Crippen molar-refractivity contribution in [3.63, 3.8) is 0 Å². The summed E-state index contributed by atoms with van der Waals surface area (Å²) in [7, 11) is 1.65. The van der Waals surface area contributed by atoms with Crippen molar-refractivity contribution in [1.82, 2.24) is 15.0 Å². The van der Waals surface area contributed by atoms with Crippen LogP contribution in [0.2, 0.25) is 0 Å². The Morgan fingerprint density at radius 3 is 2.92 bits per heavy atom. The molecule has 0 saturated carbocycles. The molecule has 0 bridgehead atoms. The molecule has 2 aromatic heterocycles. The Kier molecular flexibility index (Phi) is 6.08. The predicted octanol–water partition coefficient (Wildman–Crippen LogP) is 3.13. The Balaban J connectivity index is 1.72. The van der Waals surface area contributed by atoms with Crippen LogP contribution in [0, 0.1) is 12.7 Å². The first kappa shape index (κ1) is 18.6. The Bertz CT molecular complexity index is 887. The average molecular weight is 377 g/mol. The van der Waals surface area contributed by atoms with Gasteiger partial charge in [-0.15, -0.1) is 0 Å². The van der Waals surface area contributed by atoms with Gasteiger partial charge in [0.05, 0.1) is 23.3 Å². The van der Waals surface area contributed by atoms with Crippen molar-refractivity contribution >= 4 is 22.2 Å². The molecule has 0 amide bonds. The number of methoxy groups -OCH3 is 1. The van der Waals surface area contributed by atoms with E-state index in [-0.39, 0.29) is 11.6 Å². The van der Waals surface area contributed by atoms with Gasteiger partial charge in [0.1, 0.15) is 11.6 Å². The third-order valence-electron chi connectivity index (χ3n) is 3.92. The second-order valence-electron chi connectivity index (χ2n) is 5.77. The highest BCUT2D eigenvalue weighted by molar-refractivity contribution is 7.90. The van der Waals surface area contributed by atoms with Crippen LogP contribution in [0.1, 0.15) is 17.7 Å². The van der Waals surface area contributed by atoms with E-state index in [2.05, 4.69) is 15.0 Å². The minimum atomic E-state index is -1.43. The van der Waals surface area contributed by atoms with E-state index in [4.69, 9.17) is 9.47 Å². The van der Waals surface area contributed by atoms with Gasteiger partial charge in [-0.2, -0.15) is 4.98 Å². The number of hydrogen-bond acceptors (Lipinski definition) is 5. The van der Waals surface area contributed by atoms with Gasteiger partial charge in [-0.25, -0.2) is 4.39 Å². The monoisotopic (exact) mass is 377 g/mol. The molecule has 2 heterocycles. The molecule has 1 aromatic carbocycles. The summed E-state index contributed by atoms with van der Waals surface area (Å²) in [5.74, 6) is 0.538. The van der Waals surface area contributed by atoms with E-state index >= 15 is 0 Å². The number of nitrogens with one attached hydrogen (secondary N) is 1. The van der Waals surface area contributed by atoms with E-state index < -0.39 is 11.2 Å². The predicted molar refractivity (Wildman–Crippen MR) is 97.1 cm³/mol. The highest BCUT2D eigenvalue weighted by Crippen LogP contribution is 2.24. The molecule has 0 spiro atoms. The zero-order valence-electron chi connectivity index (χ0n) is 14.6. The summed E-state index contributed by atoms with van der Waals surface area (Å²) in [5.41, 5.74) is 2.63. The molecule has 0 aliphatic rings. The fourth-order valence-corrected chi connectivity index (χ4v) is 3.60. The minimum Gasteiger partial charge on any atom is -0.609 e. The highest BCUT2D eigenvalue weighted by Gasteiger charge is 2.20. The lowest BCUT2D eigenvalue weighted by Crippen LogP contribution is -2.10. The first-order chi connectivity index (χ1) is 12.6. The van der Waals surface area contributed by atoms with Crippen molar-refractivity contribution in [2.45, 2.75) is 24.3 Å². The topological polar surface area (TPSA) is 83.1 Å². The lowest BCUT2D eigenvalue weighted by Gasteiger charge is -2.12. The van der Waals surface area contributed by atoms with Crippen LogP contribution in [-0.2, 0) is 21.7 Å². The summed E-state index contributed by atoms with van der Waals surface area (Å²) in [6.07, 6.45) is 2.42. The molecule has 26 heavy (non-hydrogen) atoms. The number of rotatable bonds is 8. The standard InChI is InChI=1S/C18H20FN3O3S/c1-12-16(20-7-6-17(12)25-9-3-8-24-2)11-26(23)18-21-14-5-4-13(19)10-15(14)22-18/h4-7,10H,3,8-9,11H2,1-2H3,(H,21,22). The van der Waals surface area contributed by atoms with E-state index in [1.54, 1.807) is 25.4 Å². The first-order valence-electron chi connectivity index (χ1n) is 8.18. The fourth-order valence-electron chi connectivity index (χ4n) is 2.50. The molecule has 0 aliphatic heterocycles. The van der Waals surface area contributed by atoms with Crippen LogP contribution in [0.15, 0.2) is 35.6 Å². The van der Waals surface area contributed by atoms with Gasteiger partial charge in [0, 0.05) is 49.1 Å². The number of nitrogens with zero attached hydrogens (tertiary/aromatic N) is 2. The molecular formula is C18H20FN3O3S. The van der Waals surface area contributed by atoms with Crippen molar-refractivity contribution in [3.05, 3.63) is 47.5 Å². The number of aromatic amines is 1. The van der Waals surface area contributed by atoms with Crippen LogP contribution >= 0.6 is 0 Å². The maximum absolute atomic E-state index is 13.3. The maximum Gasteiger partial charge on any atom is 0.322 e. The number of fused-ring (bicyclic) bond motifs is 1. The summed E-state index contributed by atoms with van der Waals surface area (Å²) < 4.78 is 36.7. The number of ether oxygens (including phenoxy) is 2. The van der Waals surface area contributed by atoms with Crippen LogP contribution in [0.3, 0.4) is 0 Å². The zero-order chi connectivity index (χ0) is 18.5. The van der Waals surface area contributed by atoms with Crippen LogP contribution < -0.4 is 4.74 Å². The fraction of sp³-hybridized carbons (Fsp3) is 0.333. The normalized spacial score (nSPS) is 12.5. The van der Waals surface area contributed by atoms with Crippen LogP contribution in [-0.4, -0.2) is 39.8 Å². The van der Waals surface area contributed by atoms with Crippen LogP contribution in [0.4, 0.5) is 4.39 Å². The Morgan fingerprint density at radius 1 is 1.27 bits per heavy atom. The molecule has 0 saturated heterocycles. The van der Waals surface area contributed by atoms with Crippen LogP contribution in [0.25, 0.3) is 11.0 Å². The summed E-state index contributed by atoms with van der Waals surface area (Å²) in [6, 6.07) is 6.02. The van der Waals surface area contributed by atoms with E-state index in [1.807, 2.05) is 6.92 Å². The van der Waals surface area contributed by atoms with Gasteiger partial charge in [0.2, 0.25) is 0 Å². The van der Waals surface area contributed by atoms with Gasteiger partial charge in [-0.1, -0.05) is 0 Å². The van der Waals surface area contributed by atoms with Gasteiger partial charge in [0.15, 0.2) is 5.75 Å². The van der Waals surface area contributed by atoms with Gasteiger partial charge >= 0.3 is 5.16 Å². The molecule has 0 aliphatic carbocycles. The lowest BCUT2D eigenvalue weighted by molar-refractivity contribution is 0.172. The molecule has 0 fully saturated rings. The molecule has 0 radical (unpaired) electrons. The molecule has 3 aromatic rings. The maximum atomic E-state index is 13.3. The lowest BCUT2D eigenvalue weighted by atomic mass is 10.2. The van der Waals surface area contributed by atoms with Gasteiger partial charge in [-0.3, -0.25) is 9.97 Å².